The Morgan fingerprint density at radius 2 is 1.74 bits per heavy atom. The molecule has 0 bridgehead atoms. The first-order valence-corrected chi connectivity index (χ1v) is 8.40. The second-order valence-electron chi connectivity index (χ2n) is 6.09. The molecule has 6 heteroatoms. The van der Waals surface area contributed by atoms with Gasteiger partial charge in [-0.05, 0) is 35.0 Å². The lowest BCUT2D eigenvalue weighted by atomic mass is 10.0. The Morgan fingerprint density at radius 1 is 1.04 bits per heavy atom. The fourth-order valence-electron chi connectivity index (χ4n) is 3.03. The predicted molar refractivity (Wildman–Crippen MR) is 102 cm³/mol. The van der Waals surface area contributed by atoms with Crippen LogP contribution in [0.15, 0.2) is 65.2 Å². The van der Waals surface area contributed by atoms with Crippen LogP contribution in [0.5, 0.6) is 0 Å². The zero-order valence-electron chi connectivity index (χ0n) is 14.6. The van der Waals surface area contributed by atoms with Crippen molar-refractivity contribution in [3.63, 3.8) is 0 Å². The maximum atomic E-state index is 12.6. The Bertz CT molecular complexity index is 1160. The number of ether oxygens (including phenoxy) is 1. The van der Waals surface area contributed by atoms with Crippen LogP contribution in [0.1, 0.15) is 16.1 Å². The molecule has 6 nitrogen and oxygen atoms in total. The molecule has 1 N–H and O–H groups in total. The van der Waals surface area contributed by atoms with E-state index < -0.39 is 5.97 Å². The first-order valence-electron chi connectivity index (χ1n) is 8.40. The van der Waals surface area contributed by atoms with Crippen LogP contribution in [0.2, 0.25) is 0 Å². The van der Waals surface area contributed by atoms with Crippen molar-refractivity contribution in [1.82, 2.24) is 5.16 Å². The third-order valence-corrected chi connectivity index (χ3v) is 4.35. The summed E-state index contributed by atoms with van der Waals surface area (Å²) in [6.07, 6.45) is 0.0322. The number of nitrogens with one attached hydrogen (secondary N) is 1. The summed E-state index contributed by atoms with van der Waals surface area (Å²) >= 11 is 0. The largest absolute Gasteiger partial charge is 0.465 e. The van der Waals surface area contributed by atoms with Crippen molar-refractivity contribution in [3.8, 4) is 0 Å². The molecule has 3 aromatic carbocycles. The molecule has 134 valence electrons. The standard InChI is InChI=1S/C21H16N2O4/c1-26-21(25)16-10-13-6-2-3-7-14(13)11-17(16)22-20(24)12-18-15-8-4-5-9-19(15)27-23-18/h2-11H,12H2,1H3,(H,22,24). The average molecular weight is 360 g/mol. The lowest BCUT2D eigenvalue weighted by Crippen LogP contribution is -2.17. The van der Waals surface area contributed by atoms with Crippen LogP contribution < -0.4 is 5.32 Å². The van der Waals surface area contributed by atoms with Crippen molar-refractivity contribution in [2.24, 2.45) is 0 Å². The van der Waals surface area contributed by atoms with E-state index in [9.17, 15) is 9.59 Å². The molecule has 0 aliphatic rings. The summed E-state index contributed by atoms with van der Waals surface area (Å²) in [7, 11) is 1.31. The highest BCUT2D eigenvalue weighted by Crippen LogP contribution is 2.25. The molecule has 0 saturated heterocycles. The van der Waals surface area contributed by atoms with Crippen LogP contribution in [0.4, 0.5) is 5.69 Å². The smallest absolute Gasteiger partial charge is 0.339 e. The number of amides is 1. The van der Waals surface area contributed by atoms with Crippen molar-refractivity contribution in [2.45, 2.75) is 6.42 Å². The van der Waals surface area contributed by atoms with E-state index in [0.717, 1.165) is 16.2 Å². The van der Waals surface area contributed by atoms with Gasteiger partial charge in [-0.1, -0.05) is 41.6 Å². The topological polar surface area (TPSA) is 81.4 Å². The summed E-state index contributed by atoms with van der Waals surface area (Å²) in [5, 5.41) is 9.36. The molecule has 0 radical (unpaired) electrons. The quantitative estimate of drug-likeness (QED) is 0.557. The molecule has 1 heterocycles. The fourth-order valence-corrected chi connectivity index (χ4v) is 3.03. The molecule has 0 atom stereocenters. The van der Waals surface area contributed by atoms with Gasteiger partial charge in [0.05, 0.1) is 24.8 Å². The summed E-state index contributed by atoms with van der Waals surface area (Å²) in [6.45, 7) is 0. The minimum Gasteiger partial charge on any atom is -0.465 e. The Balaban J connectivity index is 1.65. The molecule has 0 saturated carbocycles. The lowest BCUT2D eigenvalue weighted by Gasteiger charge is -2.11. The van der Waals surface area contributed by atoms with Gasteiger partial charge in [0.25, 0.3) is 0 Å². The van der Waals surface area contributed by atoms with E-state index >= 15 is 0 Å². The summed E-state index contributed by atoms with van der Waals surface area (Å²) in [4.78, 5) is 24.7. The molecule has 27 heavy (non-hydrogen) atoms. The van der Waals surface area contributed by atoms with Crippen LogP contribution in [-0.4, -0.2) is 24.1 Å². The van der Waals surface area contributed by atoms with Crippen LogP contribution in [-0.2, 0) is 16.0 Å². The van der Waals surface area contributed by atoms with E-state index in [1.807, 2.05) is 42.5 Å². The number of esters is 1. The van der Waals surface area contributed by atoms with E-state index in [1.165, 1.54) is 7.11 Å². The van der Waals surface area contributed by atoms with Gasteiger partial charge >= 0.3 is 5.97 Å². The predicted octanol–water partition coefficient (Wildman–Crippen LogP) is 3.95. The van der Waals surface area contributed by atoms with Gasteiger partial charge < -0.3 is 14.6 Å². The molecule has 0 unspecified atom stereocenters. The van der Waals surface area contributed by atoms with Gasteiger partial charge in [-0.3, -0.25) is 4.79 Å². The second-order valence-corrected chi connectivity index (χ2v) is 6.09. The van der Waals surface area contributed by atoms with Gasteiger partial charge in [-0.25, -0.2) is 4.79 Å². The number of hydrogen-bond donors (Lipinski definition) is 1. The molecular weight excluding hydrogens is 344 g/mol. The number of methoxy groups -OCH3 is 1. The summed E-state index contributed by atoms with van der Waals surface area (Å²) < 4.78 is 10.1. The SMILES string of the molecule is COC(=O)c1cc2ccccc2cc1NC(=O)Cc1noc2ccccc12. The number of carbonyl (C=O) groups is 2. The van der Waals surface area contributed by atoms with E-state index in [1.54, 1.807) is 18.2 Å². The number of para-hydroxylation sites is 1. The molecule has 0 aliphatic carbocycles. The number of hydrogen-bond acceptors (Lipinski definition) is 5. The Morgan fingerprint density at radius 3 is 2.52 bits per heavy atom. The number of benzene rings is 3. The highest BCUT2D eigenvalue weighted by atomic mass is 16.5. The van der Waals surface area contributed by atoms with E-state index in [-0.39, 0.29) is 12.3 Å². The lowest BCUT2D eigenvalue weighted by molar-refractivity contribution is -0.115. The van der Waals surface area contributed by atoms with Gasteiger partial charge in [0.2, 0.25) is 5.91 Å². The number of rotatable bonds is 4. The Kier molecular flexibility index (Phi) is 4.30. The maximum Gasteiger partial charge on any atom is 0.339 e. The van der Waals surface area contributed by atoms with E-state index in [4.69, 9.17) is 9.26 Å². The minimum absolute atomic E-state index is 0.0322. The van der Waals surface area contributed by atoms with Crippen LogP contribution in [0.25, 0.3) is 21.7 Å². The number of aromatic nitrogens is 1. The molecule has 0 aliphatic heterocycles. The second kappa shape index (κ2) is 6.92. The summed E-state index contributed by atoms with van der Waals surface area (Å²) in [5.41, 5.74) is 1.87. The average Bonchev–Trinajstić information content (AvgIpc) is 3.09. The molecule has 4 rings (SSSR count). The summed E-state index contributed by atoms with van der Waals surface area (Å²) in [6, 6.07) is 18.4. The van der Waals surface area contributed by atoms with Crippen LogP contribution in [0, 0.1) is 0 Å². The maximum absolute atomic E-state index is 12.6. The third-order valence-electron chi connectivity index (χ3n) is 4.35. The van der Waals surface area contributed by atoms with Crippen molar-refractivity contribution < 1.29 is 18.8 Å². The molecule has 4 aromatic rings. The Labute approximate surface area is 154 Å². The van der Waals surface area contributed by atoms with Crippen molar-refractivity contribution in [2.75, 3.05) is 12.4 Å². The Hall–Kier alpha value is -3.67. The van der Waals surface area contributed by atoms with E-state index in [2.05, 4.69) is 10.5 Å². The number of anilines is 1. The van der Waals surface area contributed by atoms with Crippen molar-refractivity contribution in [3.05, 3.63) is 71.9 Å². The first-order chi connectivity index (χ1) is 13.2. The van der Waals surface area contributed by atoms with Crippen molar-refractivity contribution >= 4 is 39.3 Å². The molecule has 1 amide bonds. The summed E-state index contributed by atoms with van der Waals surface area (Å²) in [5.74, 6) is -0.808. The van der Waals surface area contributed by atoms with Gasteiger partial charge in [0, 0.05) is 5.39 Å². The van der Waals surface area contributed by atoms with E-state index in [0.29, 0.717) is 22.5 Å². The van der Waals surface area contributed by atoms with Crippen LogP contribution >= 0.6 is 0 Å². The zero-order valence-corrected chi connectivity index (χ0v) is 14.6. The normalized spacial score (nSPS) is 10.9. The molecule has 0 spiro atoms. The molecule has 1 aromatic heterocycles. The fraction of sp³-hybridized carbons (Fsp3) is 0.0952. The van der Waals surface area contributed by atoms with Crippen molar-refractivity contribution in [1.29, 1.82) is 0 Å². The van der Waals surface area contributed by atoms with Gasteiger partial charge in [0.1, 0.15) is 5.69 Å². The van der Waals surface area contributed by atoms with Crippen LogP contribution in [0.3, 0.4) is 0 Å². The zero-order chi connectivity index (χ0) is 18.8. The number of carbonyl (C=O) groups excluding carboxylic acids is 2. The van der Waals surface area contributed by atoms with Gasteiger partial charge in [-0.15, -0.1) is 0 Å². The molecular formula is C21H16N2O4. The van der Waals surface area contributed by atoms with Gasteiger partial charge in [0.15, 0.2) is 5.58 Å². The van der Waals surface area contributed by atoms with Gasteiger partial charge in [-0.2, -0.15) is 0 Å². The first kappa shape index (κ1) is 16.8. The monoisotopic (exact) mass is 360 g/mol. The third kappa shape index (κ3) is 3.25. The number of nitrogens with zero attached hydrogens (tertiary/aromatic N) is 1. The highest BCUT2D eigenvalue weighted by Gasteiger charge is 2.17. The molecule has 0 fully saturated rings. The minimum atomic E-state index is -0.511. The highest BCUT2D eigenvalue weighted by molar-refractivity contribution is 6.06. The number of fused-ring (bicyclic) bond motifs is 2.